The lowest BCUT2D eigenvalue weighted by atomic mass is 10.1. The molecule has 0 unspecified atom stereocenters. The predicted molar refractivity (Wildman–Crippen MR) is 55.6 cm³/mol. The van der Waals surface area contributed by atoms with Crippen molar-refractivity contribution in [1.29, 1.82) is 0 Å². The van der Waals surface area contributed by atoms with E-state index in [9.17, 15) is 0 Å². The van der Waals surface area contributed by atoms with Crippen LogP contribution in [0.4, 0.5) is 0 Å². The first-order chi connectivity index (χ1) is 5.86. The topological polar surface area (TPSA) is 12.9 Å². The number of fused-ring (bicyclic) bond motifs is 1. The highest BCUT2D eigenvalue weighted by Gasteiger charge is 2.07. The Kier molecular flexibility index (Phi) is 3.48. The van der Waals surface area contributed by atoms with Gasteiger partial charge in [-0.1, -0.05) is 19.9 Å². The minimum Gasteiger partial charge on any atom is -0.242 e. The van der Waals surface area contributed by atoms with Crippen molar-refractivity contribution in [3.05, 3.63) is 21.7 Å². The molecular weight excluding hydrogens is 166 g/mol. The largest absolute Gasteiger partial charge is 0.242 e. The number of hydrogen-bond acceptors (Lipinski definition) is 2. The molecular formula is C10H15NS. The van der Waals surface area contributed by atoms with Gasteiger partial charge in [-0.05, 0) is 25.8 Å². The lowest BCUT2D eigenvalue weighted by Crippen LogP contribution is -1.87. The summed E-state index contributed by atoms with van der Waals surface area (Å²) >= 11 is 1.83. The molecule has 2 heteroatoms. The third kappa shape index (κ3) is 1.95. The van der Waals surface area contributed by atoms with Gasteiger partial charge in [-0.15, -0.1) is 11.3 Å². The number of hydrogen-bond donors (Lipinski definition) is 0. The minimum atomic E-state index is 1.19. The molecule has 1 aliphatic carbocycles. The molecule has 12 heavy (non-hydrogen) atoms. The van der Waals surface area contributed by atoms with Gasteiger partial charge in [0.1, 0.15) is 0 Å². The van der Waals surface area contributed by atoms with Crippen molar-refractivity contribution >= 4 is 17.4 Å². The number of thiazole rings is 1. The molecule has 0 N–H and O–H groups in total. The van der Waals surface area contributed by atoms with Gasteiger partial charge in [0.25, 0.3) is 0 Å². The van der Waals surface area contributed by atoms with Gasteiger partial charge in [-0.2, -0.15) is 0 Å². The fourth-order valence-electron chi connectivity index (χ4n) is 1.20. The Morgan fingerprint density at radius 1 is 1.42 bits per heavy atom. The number of aromatic nitrogens is 1. The zero-order valence-corrected chi connectivity index (χ0v) is 8.74. The first kappa shape index (κ1) is 9.46. The third-order valence-corrected chi connectivity index (χ3v) is 2.69. The SMILES string of the molecule is CC.Cc1nc2c(s1)CCC=C2. The molecule has 1 aromatic rings. The predicted octanol–water partition coefficient (Wildman–Crippen LogP) is 3.44. The van der Waals surface area contributed by atoms with E-state index in [1.165, 1.54) is 28.4 Å². The van der Waals surface area contributed by atoms with E-state index < -0.39 is 0 Å². The molecule has 1 aliphatic rings. The molecule has 2 rings (SSSR count). The summed E-state index contributed by atoms with van der Waals surface area (Å²) in [6.07, 6.45) is 6.70. The summed E-state index contributed by atoms with van der Waals surface area (Å²) in [4.78, 5) is 5.84. The Labute approximate surface area is 78.2 Å². The Balaban J connectivity index is 0.000000336. The van der Waals surface area contributed by atoms with E-state index in [0.29, 0.717) is 0 Å². The van der Waals surface area contributed by atoms with Crippen LogP contribution in [-0.4, -0.2) is 4.98 Å². The number of rotatable bonds is 0. The average molecular weight is 181 g/mol. The van der Waals surface area contributed by atoms with Crippen LogP contribution in [0.15, 0.2) is 6.08 Å². The Hall–Kier alpha value is -0.630. The molecule has 0 atom stereocenters. The molecule has 0 saturated heterocycles. The highest BCUT2D eigenvalue weighted by atomic mass is 32.1. The molecule has 1 nitrogen and oxygen atoms in total. The van der Waals surface area contributed by atoms with E-state index in [1.54, 1.807) is 0 Å². The fraction of sp³-hybridized carbons (Fsp3) is 0.500. The maximum Gasteiger partial charge on any atom is 0.0904 e. The van der Waals surface area contributed by atoms with Gasteiger partial charge >= 0.3 is 0 Å². The van der Waals surface area contributed by atoms with Gasteiger partial charge in [-0.3, -0.25) is 0 Å². The zero-order valence-electron chi connectivity index (χ0n) is 7.92. The van der Waals surface area contributed by atoms with Crippen molar-refractivity contribution in [1.82, 2.24) is 4.98 Å². The fourth-order valence-corrected chi connectivity index (χ4v) is 2.14. The standard InChI is InChI=1S/C8H9NS.C2H6/c1-6-9-7-4-2-3-5-8(7)10-6;1-2/h2,4H,3,5H2,1H3;1-2H3. The lowest BCUT2D eigenvalue weighted by Gasteiger charge is -1.99. The molecule has 1 heterocycles. The summed E-state index contributed by atoms with van der Waals surface area (Å²) in [6.45, 7) is 6.07. The zero-order chi connectivity index (χ0) is 8.97. The summed E-state index contributed by atoms with van der Waals surface area (Å²) in [5.74, 6) is 0. The van der Waals surface area contributed by atoms with Crippen LogP contribution in [0.5, 0.6) is 0 Å². The second-order valence-corrected chi connectivity index (χ2v) is 3.77. The number of aryl methyl sites for hydroxylation is 2. The quantitative estimate of drug-likeness (QED) is 0.597. The summed E-state index contributed by atoms with van der Waals surface area (Å²) in [5.41, 5.74) is 1.20. The molecule has 0 aliphatic heterocycles. The van der Waals surface area contributed by atoms with Crippen molar-refractivity contribution in [2.75, 3.05) is 0 Å². The molecule has 66 valence electrons. The normalized spacial score (nSPS) is 13.2. The van der Waals surface area contributed by atoms with Crippen LogP contribution in [0.2, 0.25) is 0 Å². The van der Waals surface area contributed by atoms with Gasteiger partial charge in [0.2, 0.25) is 0 Å². The monoisotopic (exact) mass is 181 g/mol. The van der Waals surface area contributed by atoms with E-state index in [1.807, 2.05) is 25.2 Å². The van der Waals surface area contributed by atoms with Crippen LogP contribution in [0.25, 0.3) is 6.08 Å². The number of nitrogens with zero attached hydrogens (tertiary/aromatic N) is 1. The molecule has 0 radical (unpaired) electrons. The van der Waals surface area contributed by atoms with Crippen molar-refractivity contribution < 1.29 is 0 Å². The van der Waals surface area contributed by atoms with E-state index in [2.05, 4.69) is 24.1 Å². The second-order valence-electron chi connectivity index (χ2n) is 2.48. The summed E-state index contributed by atoms with van der Waals surface area (Å²) in [5, 5.41) is 1.19. The third-order valence-electron chi connectivity index (χ3n) is 1.65. The minimum absolute atomic E-state index is 1.19. The maximum absolute atomic E-state index is 4.38. The van der Waals surface area contributed by atoms with E-state index >= 15 is 0 Å². The molecule has 0 spiro atoms. The molecule has 1 aromatic heterocycles. The highest BCUT2D eigenvalue weighted by Crippen LogP contribution is 2.24. The van der Waals surface area contributed by atoms with Crippen LogP contribution < -0.4 is 0 Å². The number of allylic oxidation sites excluding steroid dienone is 1. The highest BCUT2D eigenvalue weighted by molar-refractivity contribution is 7.11. The van der Waals surface area contributed by atoms with Gasteiger partial charge in [0, 0.05) is 4.88 Å². The maximum atomic E-state index is 4.38. The smallest absolute Gasteiger partial charge is 0.0904 e. The van der Waals surface area contributed by atoms with Crippen LogP contribution >= 0.6 is 11.3 Å². The van der Waals surface area contributed by atoms with Gasteiger partial charge in [-0.25, -0.2) is 4.98 Å². The molecule has 0 aromatic carbocycles. The molecule has 0 amide bonds. The summed E-state index contributed by atoms with van der Waals surface area (Å²) in [6, 6.07) is 0. The van der Waals surface area contributed by atoms with Crippen LogP contribution in [0, 0.1) is 6.92 Å². The molecule has 0 bridgehead atoms. The van der Waals surface area contributed by atoms with E-state index in [0.717, 1.165) is 0 Å². The summed E-state index contributed by atoms with van der Waals surface area (Å²) < 4.78 is 0. The lowest BCUT2D eigenvalue weighted by molar-refractivity contribution is 0.999. The Bertz CT molecular complexity index is 273. The van der Waals surface area contributed by atoms with Crippen molar-refractivity contribution in [3.63, 3.8) is 0 Å². The average Bonchev–Trinajstić information content (AvgIpc) is 2.48. The Morgan fingerprint density at radius 2 is 2.17 bits per heavy atom. The van der Waals surface area contributed by atoms with Crippen molar-refractivity contribution in [2.24, 2.45) is 0 Å². The van der Waals surface area contributed by atoms with Gasteiger partial charge < -0.3 is 0 Å². The van der Waals surface area contributed by atoms with Gasteiger partial charge in [0.05, 0.1) is 10.7 Å². The van der Waals surface area contributed by atoms with Crippen molar-refractivity contribution in [2.45, 2.75) is 33.6 Å². The van der Waals surface area contributed by atoms with Crippen LogP contribution in [0.1, 0.15) is 35.8 Å². The molecule has 0 saturated carbocycles. The van der Waals surface area contributed by atoms with Crippen molar-refractivity contribution in [3.8, 4) is 0 Å². The van der Waals surface area contributed by atoms with Gasteiger partial charge in [0.15, 0.2) is 0 Å². The van der Waals surface area contributed by atoms with E-state index in [4.69, 9.17) is 0 Å². The first-order valence-electron chi connectivity index (χ1n) is 4.49. The van der Waals surface area contributed by atoms with Crippen LogP contribution in [0.3, 0.4) is 0 Å². The molecule has 0 fully saturated rings. The second kappa shape index (κ2) is 4.41. The Morgan fingerprint density at radius 3 is 2.83 bits per heavy atom. The van der Waals surface area contributed by atoms with Crippen LogP contribution in [-0.2, 0) is 6.42 Å². The summed E-state index contributed by atoms with van der Waals surface area (Å²) in [7, 11) is 0. The first-order valence-corrected chi connectivity index (χ1v) is 5.31. The van der Waals surface area contributed by atoms with E-state index in [-0.39, 0.29) is 0 Å².